The maximum Gasteiger partial charge on any atom is 0.273 e. The van der Waals surface area contributed by atoms with Gasteiger partial charge in [-0.05, 0) is 25.1 Å². The molecule has 0 amide bonds. The highest BCUT2D eigenvalue weighted by Gasteiger charge is 2.29. The highest BCUT2D eigenvalue weighted by Crippen LogP contribution is 2.35. The summed E-state index contributed by atoms with van der Waals surface area (Å²) in [6, 6.07) is 4.08. The molecule has 0 unspecified atom stereocenters. The highest BCUT2D eigenvalue weighted by molar-refractivity contribution is 6.32. The number of benzene rings is 1. The Bertz CT molecular complexity index is 339. The van der Waals surface area contributed by atoms with Crippen LogP contribution in [0.5, 0.6) is 5.75 Å². The quantitative estimate of drug-likeness (QED) is 0.757. The van der Waals surface area contributed by atoms with Gasteiger partial charge in [0, 0.05) is 12.0 Å². The van der Waals surface area contributed by atoms with Gasteiger partial charge in [-0.25, -0.2) is 8.78 Å². The molecular weight excluding hydrogens is 222 g/mol. The Morgan fingerprint density at radius 1 is 1.33 bits per heavy atom. The first-order chi connectivity index (χ1) is 7.01. The largest absolute Gasteiger partial charge is 0.492 e. The van der Waals surface area contributed by atoms with E-state index in [1.165, 1.54) is 25.1 Å². The lowest BCUT2D eigenvalue weighted by Crippen LogP contribution is -2.11. The van der Waals surface area contributed by atoms with Crippen molar-refractivity contribution in [2.24, 2.45) is 0 Å². The number of ether oxygens (including phenoxy) is 1. The highest BCUT2D eigenvalue weighted by atomic mass is 35.5. The topological polar surface area (TPSA) is 9.23 Å². The summed E-state index contributed by atoms with van der Waals surface area (Å²) in [5.41, 5.74) is -0.0709. The third kappa shape index (κ3) is 2.81. The van der Waals surface area contributed by atoms with Gasteiger partial charge in [-0.2, -0.15) is 0 Å². The van der Waals surface area contributed by atoms with Crippen molar-refractivity contribution in [3.05, 3.63) is 28.8 Å². The first-order valence-electron chi connectivity index (χ1n) is 4.82. The normalized spacial score (nSPS) is 11.5. The summed E-state index contributed by atoms with van der Waals surface area (Å²) >= 11 is 5.81. The monoisotopic (exact) mass is 234 g/mol. The maximum absolute atomic E-state index is 13.3. The van der Waals surface area contributed by atoms with Crippen molar-refractivity contribution in [3.8, 4) is 5.75 Å². The number of hydrogen-bond donors (Lipinski definition) is 0. The van der Waals surface area contributed by atoms with E-state index in [-0.39, 0.29) is 17.0 Å². The summed E-state index contributed by atoms with van der Waals surface area (Å²) in [5, 5.41) is 0.225. The second-order valence-corrected chi connectivity index (χ2v) is 3.54. The summed E-state index contributed by atoms with van der Waals surface area (Å²) in [5.74, 6) is -2.39. The van der Waals surface area contributed by atoms with Crippen LogP contribution >= 0.6 is 11.6 Å². The fourth-order valence-electron chi connectivity index (χ4n) is 1.21. The van der Waals surface area contributed by atoms with Gasteiger partial charge < -0.3 is 4.74 Å². The zero-order valence-electron chi connectivity index (χ0n) is 8.69. The molecule has 0 bridgehead atoms. The predicted molar refractivity (Wildman–Crippen MR) is 56.8 cm³/mol. The van der Waals surface area contributed by atoms with Gasteiger partial charge in [-0.1, -0.05) is 18.5 Å². The van der Waals surface area contributed by atoms with Gasteiger partial charge in [0.1, 0.15) is 5.75 Å². The molecule has 0 atom stereocenters. The van der Waals surface area contributed by atoms with Gasteiger partial charge in [0.25, 0.3) is 5.92 Å². The van der Waals surface area contributed by atoms with Crippen LogP contribution < -0.4 is 4.74 Å². The lowest BCUT2D eigenvalue weighted by atomic mass is 10.1. The molecule has 0 spiro atoms. The van der Waals surface area contributed by atoms with Crippen molar-refractivity contribution in [2.75, 3.05) is 6.61 Å². The summed E-state index contributed by atoms with van der Waals surface area (Å²) in [6.07, 6.45) is -0.239. The van der Waals surface area contributed by atoms with E-state index in [2.05, 4.69) is 0 Å². The number of halogens is 3. The molecule has 0 radical (unpaired) electrons. The lowest BCUT2D eigenvalue weighted by Gasteiger charge is -2.15. The van der Waals surface area contributed by atoms with E-state index in [1.807, 2.05) is 6.92 Å². The Hall–Kier alpha value is -0.830. The minimum absolute atomic E-state index is 0.0709. The molecule has 0 aromatic heterocycles. The van der Waals surface area contributed by atoms with Crippen LogP contribution in [-0.4, -0.2) is 6.61 Å². The van der Waals surface area contributed by atoms with Gasteiger partial charge in [0.15, 0.2) is 0 Å². The van der Waals surface area contributed by atoms with Crippen LogP contribution in [0.15, 0.2) is 18.2 Å². The molecule has 0 saturated heterocycles. The average Bonchev–Trinajstić information content (AvgIpc) is 2.21. The molecule has 1 aromatic carbocycles. The minimum atomic E-state index is -2.83. The van der Waals surface area contributed by atoms with E-state index in [1.54, 1.807) is 0 Å². The molecule has 1 nitrogen and oxygen atoms in total. The van der Waals surface area contributed by atoms with Gasteiger partial charge in [0.05, 0.1) is 11.6 Å². The first-order valence-corrected chi connectivity index (χ1v) is 5.19. The van der Waals surface area contributed by atoms with Crippen LogP contribution in [0.4, 0.5) is 8.78 Å². The molecule has 0 heterocycles. The molecular formula is C11H13ClF2O. The van der Waals surface area contributed by atoms with Crippen LogP contribution in [0, 0.1) is 0 Å². The second kappa shape index (κ2) is 4.79. The average molecular weight is 235 g/mol. The molecule has 0 fully saturated rings. The van der Waals surface area contributed by atoms with E-state index in [0.717, 1.165) is 0 Å². The SMILES string of the molecule is CCOc1ccc(C(F)(F)CC)cc1Cl. The van der Waals surface area contributed by atoms with E-state index in [9.17, 15) is 8.78 Å². The van der Waals surface area contributed by atoms with Gasteiger partial charge in [0.2, 0.25) is 0 Å². The van der Waals surface area contributed by atoms with Crippen LogP contribution in [0.2, 0.25) is 5.02 Å². The third-order valence-electron chi connectivity index (χ3n) is 2.10. The molecule has 0 aliphatic heterocycles. The van der Waals surface area contributed by atoms with E-state index in [0.29, 0.717) is 12.4 Å². The van der Waals surface area contributed by atoms with Crippen LogP contribution in [0.1, 0.15) is 25.8 Å². The number of hydrogen-bond acceptors (Lipinski definition) is 1. The second-order valence-electron chi connectivity index (χ2n) is 3.14. The minimum Gasteiger partial charge on any atom is -0.492 e. The molecule has 1 aromatic rings. The standard InChI is InChI=1S/C11H13ClF2O/c1-3-11(13,14)8-5-6-10(15-4-2)9(12)7-8/h5-7H,3-4H2,1-2H3. The Kier molecular flexibility index (Phi) is 3.91. The van der Waals surface area contributed by atoms with E-state index < -0.39 is 5.92 Å². The van der Waals surface area contributed by atoms with Crippen LogP contribution in [0.3, 0.4) is 0 Å². The van der Waals surface area contributed by atoms with Gasteiger partial charge in [-0.3, -0.25) is 0 Å². The van der Waals surface area contributed by atoms with Gasteiger partial charge in [-0.15, -0.1) is 0 Å². The molecule has 0 N–H and O–H groups in total. The Balaban J connectivity index is 3.01. The maximum atomic E-state index is 13.3. The Morgan fingerprint density at radius 3 is 2.47 bits per heavy atom. The van der Waals surface area contributed by atoms with Crippen molar-refractivity contribution in [1.29, 1.82) is 0 Å². The molecule has 1 rings (SSSR count). The first kappa shape index (κ1) is 12.2. The third-order valence-corrected chi connectivity index (χ3v) is 2.39. The summed E-state index contributed by atoms with van der Waals surface area (Å²) in [7, 11) is 0. The summed E-state index contributed by atoms with van der Waals surface area (Å²) in [4.78, 5) is 0. The molecule has 0 aliphatic carbocycles. The van der Waals surface area contributed by atoms with E-state index in [4.69, 9.17) is 16.3 Å². The Labute approximate surface area is 93.0 Å². The molecule has 0 saturated carbocycles. The van der Waals surface area contributed by atoms with Crippen LogP contribution in [-0.2, 0) is 5.92 Å². The van der Waals surface area contributed by atoms with Crippen molar-refractivity contribution in [1.82, 2.24) is 0 Å². The zero-order chi connectivity index (χ0) is 11.5. The van der Waals surface area contributed by atoms with Crippen molar-refractivity contribution >= 4 is 11.6 Å². The summed E-state index contributed by atoms with van der Waals surface area (Å²) in [6.45, 7) is 3.71. The van der Waals surface area contributed by atoms with Gasteiger partial charge >= 0.3 is 0 Å². The van der Waals surface area contributed by atoms with Crippen molar-refractivity contribution in [3.63, 3.8) is 0 Å². The Morgan fingerprint density at radius 2 is 2.00 bits per heavy atom. The predicted octanol–water partition coefficient (Wildman–Crippen LogP) is 4.24. The molecule has 15 heavy (non-hydrogen) atoms. The molecule has 4 heteroatoms. The fraction of sp³-hybridized carbons (Fsp3) is 0.455. The molecule has 0 aliphatic rings. The van der Waals surface area contributed by atoms with Crippen molar-refractivity contribution < 1.29 is 13.5 Å². The fourth-order valence-corrected chi connectivity index (χ4v) is 1.44. The van der Waals surface area contributed by atoms with Crippen LogP contribution in [0.25, 0.3) is 0 Å². The number of rotatable bonds is 4. The smallest absolute Gasteiger partial charge is 0.273 e. The number of alkyl halides is 2. The van der Waals surface area contributed by atoms with E-state index >= 15 is 0 Å². The summed E-state index contributed by atoms with van der Waals surface area (Å²) < 4.78 is 31.7. The lowest BCUT2D eigenvalue weighted by molar-refractivity contribution is -0.00831. The van der Waals surface area contributed by atoms with Crippen molar-refractivity contribution in [2.45, 2.75) is 26.2 Å². The molecule has 84 valence electrons. The zero-order valence-corrected chi connectivity index (χ0v) is 9.44.